The SMILES string of the molecule is N#CCC1(Cl)C(=O)C(C#N)=C(C#N)C(=O)C1Cl. The van der Waals surface area contributed by atoms with Crippen LogP contribution in [0.4, 0.5) is 0 Å². The van der Waals surface area contributed by atoms with Crippen LogP contribution in [0, 0.1) is 34.0 Å². The van der Waals surface area contributed by atoms with Crippen LogP contribution in [0.3, 0.4) is 0 Å². The van der Waals surface area contributed by atoms with E-state index in [4.69, 9.17) is 39.0 Å². The first kappa shape index (κ1) is 13.2. The molecule has 0 fully saturated rings. The Kier molecular flexibility index (Phi) is 3.53. The quantitative estimate of drug-likeness (QED) is 0.659. The zero-order valence-corrected chi connectivity index (χ0v) is 9.71. The Morgan fingerprint density at radius 1 is 1.18 bits per heavy atom. The number of nitrogens with zero attached hydrogens (tertiary/aromatic N) is 3. The number of ketones is 2. The van der Waals surface area contributed by atoms with E-state index >= 15 is 0 Å². The van der Waals surface area contributed by atoms with Crippen molar-refractivity contribution in [3.05, 3.63) is 11.1 Å². The van der Waals surface area contributed by atoms with E-state index in [9.17, 15) is 9.59 Å². The fourth-order valence-electron chi connectivity index (χ4n) is 1.40. The molecule has 0 radical (unpaired) electrons. The predicted molar refractivity (Wildman–Crippen MR) is 56.7 cm³/mol. The van der Waals surface area contributed by atoms with Gasteiger partial charge < -0.3 is 0 Å². The number of hydrogen-bond donors (Lipinski definition) is 0. The van der Waals surface area contributed by atoms with Crippen LogP contribution in [0.1, 0.15) is 6.42 Å². The number of alkyl halides is 2. The fourth-order valence-corrected chi connectivity index (χ4v) is 1.94. The number of allylic oxidation sites excluding steroid dienone is 2. The summed E-state index contributed by atoms with van der Waals surface area (Å²) in [6.45, 7) is 0. The molecule has 1 aliphatic rings. The van der Waals surface area contributed by atoms with Crippen molar-refractivity contribution in [3.8, 4) is 18.2 Å². The Hall–Kier alpha value is -1.87. The second-order valence-corrected chi connectivity index (χ2v) is 4.34. The number of rotatable bonds is 1. The molecule has 0 aromatic heterocycles. The van der Waals surface area contributed by atoms with Gasteiger partial charge in [0.1, 0.15) is 33.5 Å². The first-order valence-electron chi connectivity index (χ1n) is 4.27. The Morgan fingerprint density at radius 2 is 1.71 bits per heavy atom. The lowest BCUT2D eigenvalue weighted by Gasteiger charge is -2.30. The van der Waals surface area contributed by atoms with Crippen LogP contribution in [0.5, 0.6) is 0 Å². The normalized spacial score (nSPS) is 28.3. The minimum absolute atomic E-state index is 0.517. The fraction of sp³-hybridized carbons (Fsp3) is 0.300. The highest BCUT2D eigenvalue weighted by molar-refractivity contribution is 6.52. The number of hydrogen-bond acceptors (Lipinski definition) is 5. The third-order valence-electron chi connectivity index (χ3n) is 2.29. The summed E-state index contributed by atoms with van der Waals surface area (Å²) in [6, 6.07) is 4.54. The van der Waals surface area contributed by atoms with Crippen molar-refractivity contribution in [1.29, 1.82) is 15.8 Å². The molecule has 0 spiro atoms. The van der Waals surface area contributed by atoms with Crippen LogP contribution >= 0.6 is 23.2 Å². The molecule has 1 rings (SSSR count). The first-order chi connectivity index (χ1) is 7.93. The van der Waals surface area contributed by atoms with Gasteiger partial charge in [-0.1, -0.05) is 0 Å². The topological polar surface area (TPSA) is 106 Å². The van der Waals surface area contributed by atoms with Crippen molar-refractivity contribution in [2.24, 2.45) is 0 Å². The molecule has 5 nitrogen and oxygen atoms in total. The molecule has 0 saturated carbocycles. The lowest BCUT2D eigenvalue weighted by molar-refractivity contribution is -0.123. The standard InChI is InChI=1S/C10H3Cl2N3O2/c11-8-7(16)5(3-14)6(4-15)9(17)10(8,12)1-2-13/h8H,1H2. The maximum absolute atomic E-state index is 11.8. The lowest BCUT2D eigenvalue weighted by Crippen LogP contribution is -2.50. The summed E-state index contributed by atoms with van der Waals surface area (Å²) >= 11 is 11.5. The van der Waals surface area contributed by atoms with Gasteiger partial charge >= 0.3 is 0 Å². The molecule has 2 unspecified atom stereocenters. The maximum Gasteiger partial charge on any atom is 0.198 e. The summed E-state index contributed by atoms with van der Waals surface area (Å²) in [4.78, 5) is 21.5. The molecule has 0 aromatic carbocycles. The molecule has 0 N–H and O–H groups in total. The summed E-state index contributed by atoms with van der Waals surface area (Å²) < 4.78 is 0. The molecule has 7 heteroatoms. The maximum atomic E-state index is 11.8. The molecule has 2 atom stereocenters. The predicted octanol–water partition coefficient (Wildman–Crippen LogP) is 0.981. The molecule has 84 valence electrons. The highest BCUT2D eigenvalue weighted by atomic mass is 35.5. The second-order valence-electron chi connectivity index (χ2n) is 3.23. The molecule has 0 heterocycles. The molecule has 1 aliphatic carbocycles. The van der Waals surface area contributed by atoms with Gasteiger partial charge in [0.05, 0.1) is 12.5 Å². The molecular weight excluding hydrogens is 265 g/mol. The van der Waals surface area contributed by atoms with Crippen LogP contribution < -0.4 is 0 Å². The number of carbonyl (C=O) groups excluding carboxylic acids is 2. The van der Waals surface area contributed by atoms with Crippen LogP contribution in [-0.4, -0.2) is 21.8 Å². The van der Waals surface area contributed by atoms with Crippen molar-refractivity contribution < 1.29 is 9.59 Å². The van der Waals surface area contributed by atoms with Gasteiger partial charge in [0.25, 0.3) is 0 Å². The van der Waals surface area contributed by atoms with E-state index in [0.29, 0.717) is 0 Å². The van der Waals surface area contributed by atoms with Gasteiger partial charge in [0.15, 0.2) is 11.6 Å². The summed E-state index contributed by atoms with van der Waals surface area (Å²) in [5, 5.41) is 24.5. The van der Waals surface area contributed by atoms with E-state index in [-0.39, 0.29) is 0 Å². The zero-order chi connectivity index (χ0) is 13.2. The average molecular weight is 268 g/mol. The number of halogens is 2. The van der Waals surface area contributed by atoms with Crippen molar-refractivity contribution >= 4 is 34.8 Å². The summed E-state index contributed by atoms with van der Waals surface area (Å²) in [6.07, 6.45) is -0.517. The van der Waals surface area contributed by atoms with Gasteiger partial charge in [-0.15, -0.1) is 23.2 Å². The van der Waals surface area contributed by atoms with Crippen LogP contribution in [0.15, 0.2) is 11.1 Å². The zero-order valence-electron chi connectivity index (χ0n) is 8.20. The van der Waals surface area contributed by atoms with Crippen LogP contribution in [0.25, 0.3) is 0 Å². The Morgan fingerprint density at radius 3 is 2.12 bits per heavy atom. The number of nitriles is 3. The molecule has 17 heavy (non-hydrogen) atoms. The van der Waals surface area contributed by atoms with E-state index in [2.05, 4.69) is 0 Å². The largest absolute Gasteiger partial charge is 0.292 e. The summed E-state index contributed by atoms with van der Waals surface area (Å²) in [5.41, 5.74) is -1.24. The minimum Gasteiger partial charge on any atom is -0.292 e. The third-order valence-corrected chi connectivity index (χ3v) is 3.50. The van der Waals surface area contributed by atoms with Gasteiger partial charge in [-0.05, 0) is 0 Å². The van der Waals surface area contributed by atoms with Crippen molar-refractivity contribution in [2.75, 3.05) is 0 Å². The highest BCUT2D eigenvalue weighted by Crippen LogP contribution is 2.38. The van der Waals surface area contributed by atoms with Gasteiger partial charge in [-0.2, -0.15) is 15.8 Å². The number of carbonyl (C=O) groups is 2. The van der Waals surface area contributed by atoms with Crippen LogP contribution in [0.2, 0.25) is 0 Å². The monoisotopic (exact) mass is 267 g/mol. The van der Waals surface area contributed by atoms with E-state index < -0.39 is 39.4 Å². The Balaban J connectivity index is 3.52. The Labute approximate surface area is 106 Å². The molecule has 0 bridgehead atoms. The van der Waals surface area contributed by atoms with Gasteiger partial charge in [0, 0.05) is 0 Å². The summed E-state index contributed by atoms with van der Waals surface area (Å²) in [7, 11) is 0. The smallest absolute Gasteiger partial charge is 0.198 e. The molecular formula is C10H3Cl2N3O2. The molecule has 0 aromatic rings. The van der Waals surface area contributed by atoms with Crippen molar-refractivity contribution in [3.63, 3.8) is 0 Å². The second kappa shape index (κ2) is 4.55. The lowest BCUT2D eigenvalue weighted by atomic mass is 9.80. The van der Waals surface area contributed by atoms with Crippen LogP contribution in [-0.2, 0) is 9.59 Å². The number of Topliss-reactive ketones (excluding diaryl/α,β-unsaturated/α-hetero) is 2. The highest BCUT2D eigenvalue weighted by Gasteiger charge is 2.53. The van der Waals surface area contributed by atoms with Gasteiger partial charge in [0.2, 0.25) is 0 Å². The molecule has 0 saturated heterocycles. The van der Waals surface area contributed by atoms with E-state index in [1.165, 1.54) is 12.1 Å². The Bertz CT molecular complexity index is 562. The van der Waals surface area contributed by atoms with Crippen molar-refractivity contribution in [2.45, 2.75) is 16.7 Å². The van der Waals surface area contributed by atoms with E-state index in [1.54, 1.807) is 6.07 Å². The molecule has 0 aliphatic heterocycles. The summed E-state index contributed by atoms with van der Waals surface area (Å²) in [5.74, 6) is -1.87. The minimum atomic E-state index is -1.97. The van der Waals surface area contributed by atoms with E-state index in [0.717, 1.165) is 0 Å². The van der Waals surface area contributed by atoms with Gasteiger partial charge in [-0.25, -0.2) is 0 Å². The first-order valence-corrected chi connectivity index (χ1v) is 5.09. The third kappa shape index (κ3) is 1.78. The van der Waals surface area contributed by atoms with E-state index in [1.807, 2.05) is 0 Å². The van der Waals surface area contributed by atoms with Gasteiger partial charge in [-0.3, -0.25) is 9.59 Å². The molecule has 0 amide bonds. The van der Waals surface area contributed by atoms with Crippen molar-refractivity contribution in [1.82, 2.24) is 0 Å². The average Bonchev–Trinajstić information content (AvgIpc) is 2.32.